The van der Waals surface area contributed by atoms with Crippen molar-refractivity contribution in [3.63, 3.8) is 0 Å². The van der Waals surface area contributed by atoms with Crippen molar-refractivity contribution in [3.05, 3.63) is 0 Å². The Bertz CT molecular complexity index is 2310. The molecule has 0 radical (unpaired) electrons. The number of hydrogen-bond acceptors (Lipinski definition) is 32. The van der Waals surface area contributed by atoms with Crippen LogP contribution in [0.2, 0.25) is 0 Å². The van der Waals surface area contributed by atoms with Gasteiger partial charge in [0, 0.05) is 33.9 Å². The molecule has 3 aliphatic rings. The zero-order valence-corrected chi connectivity index (χ0v) is 57.4. The number of amides is 7. The van der Waals surface area contributed by atoms with Gasteiger partial charge in [0.2, 0.25) is 41.4 Å². The van der Waals surface area contributed by atoms with E-state index in [1.807, 2.05) is 0 Å². The normalized spacial score (nSPS) is 25.8. The third kappa shape index (κ3) is 36.4. The fourth-order valence-electron chi connectivity index (χ4n) is 9.98. The van der Waals surface area contributed by atoms with E-state index in [9.17, 15) is 84.3 Å². The Morgan fingerprint density at radius 1 is 0.350 bits per heavy atom. The third-order valence-corrected chi connectivity index (χ3v) is 15.2. The summed E-state index contributed by atoms with van der Waals surface area (Å²) < 4.78 is 82.4. The molecule has 0 saturated carbocycles. The van der Waals surface area contributed by atoms with Crippen LogP contribution in [0.5, 0.6) is 0 Å². The van der Waals surface area contributed by atoms with Crippen LogP contribution >= 0.6 is 0 Å². The molecule has 3 rings (SSSR count). The number of aliphatic hydroxyl groups is 9. The average Bonchev–Trinajstić information content (AvgIpc) is 0.824. The molecule has 0 aromatic carbocycles. The maximum absolute atomic E-state index is 13.7. The molecule has 0 spiro atoms. The van der Waals surface area contributed by atoms with E-state index >= 15 is 0 Å². The van der Waals surface area contributed by atoms with Gasteiger partial charge in [0.25, 0.3) is 0 Å². The minimum atomic E-state index is -1.46. The second-order valence-corrected chi connectivity index (χ2v) is 23.2. The summed E-state index contributed by atoms with van der Waals surface area (Å²) in [7, 11) is 0. The van der Waals surface area contributed by atoms with Crippen LogP contribution in [0.3, 0.4) is 0 Å². The molecule has 17 atom stereocenters. The lowest BCUT2D eigenvalue weighted by Gasteiger charge is -2.42. The van der Waals surface area contributed by atoms with Crippen molar-refractivity contribution in [2.45, 2.75) is 170 Å². The summed E-state index contributed by atoms with van der Waals surface area (Å²) >= 11 is 0. The Morgan fingerprint density at radius 2 is 0.630 bits per heavy atom. The number of carbonyl (C=O) groups excluding carboxylic acids is 8. The van der Waals surface area contributed by atoms with Crippen LogP contribution < -0.4 is 37.2 Å². The second-order valence-electron chi connectivity index (χ2n) is 23.2. The quantitative estimate of drug-likeness (QED) is 0.0252. The molecular formula is C61H109N7O32. The first kappa shape index (κ1) is 89.2. The van der Waals surface area contributed by atoms with Crippen LogP contribution in [0.1, 0.15) is 66.2 Å². The lowest BCUT2D eigenvalue weighted by molar-refractivity contribution is -0.272. The van der Waals surface area contributed by atoms with E-state index in [2.05, 4.69) is 37.2 Å². The Balaban J connectivity index is 1.34. The van der Waals surface area contributed by atoms with Gasteiger partial charge in [-0.05, 0) is 45.4 Å². The van der Waals surface area contributed by atoms with E-state index in [-0.39, 0.29) is 170 Å². The number of nitrogens with one attached hydrogen (secondary N) is 7. The maximum Gasteiger partial charge on any atom is 0.246 e. The molecule has 39 nitrogen and oxygen atoms in total. The molecule has 16 N–H and O–H groups in total. The van der Waals surface area contributed by atoms with E-state index in [0.29, 0.717) is 25.7 Å². The number of unbranched alkanes of at least 4 members (excludes halogenated alkanes) is 2. The van der Waals surface area contributed by atoms with Gasteiger partial charge < -0.3 is 154 Å². The Labute approximate surface area is 580 Å². The fraction of sp³-hybridized carbons (Fsp3) is 0.869. The summed E-state index contributed by atoms with van der Waals surface area (Å²) in [4.78, 5) is 99.5. The molecule has 11 unspecified atom stereocenters. The fourth-order valence-corrected chi connectivity index (χ4v) is 9.98. The molecular weight excluding hydrogens is 1340 g/mol. The third-order valence-electron chi connectivity index (χ3n) is 15.2. The van der Waals surface area contributed by atoms with Crippen LogP contribution in [0.4, 0.5) is 0 Å². The smallest absolute Gasteiger partial charge is 0.246 e. The van der Waals surface area contributed by atoms with Crippen molar-refractivity contribution in [1.29, 1.82) is 0 Å². The van der Waals surface area contributed by atoms with E-state index in [0.717, 1.165) is 0 Å². The zero-order chi connectivity index (χ0) is 73.6. The largest absolute Gasteiger partial charge is 0.394 e. The van der Waals surface area contributed by atoms with E-state index in [1.165, 1.54) is 27.7 Å². The highest BCUT2D eigenvalue weighted by molar-refractivity contribution is 5.92. The summed E-state index contributed by atoms with van der Waals surface area (Å²) in [6.45, 7) is 4.44. The first-order chi connectivity index (χ1) is 48.0. The average molecular weight is 1450 g/mol. The van der Waals surface area contributed by atoms with Crippen molar-refractivity contribution < 1.29 is 155 Å². The summed E-state index contributed by atoms with van der Waals surface area (Å²) in [5.74, 6) is -3.87. The number of ether oxygens (including phenoxy) is 15. The van der Waals surface area contributed by atoms with Crippen molar-refractivity contribution in [2.75, 3.05) is 172 Å². The van der Waals surface area contributed by atoms with Crippen molar-refractivity contribution in [2.24, 2.45) is 0 Å². The van der Waals surface area contributed by atoms with E-state index < -0.39 is 166 Å². The standard InChI is InChI=1S/C61H109N7O32/c1-37(72)41(9-5-7-11-62-46(76)34-92-22-19-86-13-16-89-25-28-95-59-49(64-38(2)73)55(82)52(79)43(31-69)98-59)68-58(85)42(67-48(78)36-94-24-21-88-15-18-91-27-30-97-61-51(66-40(4)75)57(84)54(81)45(33-71)100-61)10-6-8-12-63-47(77)35-93-23-20-87-14-17-90-26-29-96-60-50(65-39(3)74)56(83)53(80)44(32-70)99-60/h41-45,49-57,59-61,69-71,79-84H,5-36H2,1-4H3,(H,62,76)(H,63,77)(H,64,73)(H,65,74)(H,66,75)(H,67,78)(H,68,85)/t41?,42?,43?,44?,45?,49?,50?,51?,52-,53-,54-,55?,56?,57?,59+,60+,61+/m0/s1. The van der Waals surface area contributed by atoms with Crippen LogP contribution in [0, 0.1) is 0 Å². The number of carbonyl (C=O) groups is 8. The molecule has 39 heteroatoms. The lowest BCUT2D eigenvalue weighted by atomic mass is 9.97. The van der Waals surface area contributed by atoms with Gasteiger partial charge in [0.15, 0.2) is 24.7 Å². The molecule has 3 saturated heterocycles. The zero-order valence-electron chi connectivity index (χ0n) is 57.4. The molecule has 0 bridgehead atoms. The summed E-state index contributed by atoms with van der Waals surface area (Å²) in [6.07, 6.45) is -13.6. The second kappa shape index (κ2) is 52.9. The maximum atomic E-state index is 13.7. The molecule has 0 aromatic rings. The number of rotatable bonds is 56. The number of Topliss-reactive ketones (excluding diaryl/α,β-unsaturated/α-hetero) is 1. The molecule has 7 amide bonds. The first-order valence-corrected chi connectivity index (χ1v) is 33.4. The van der Waals surface area contributed by atoms with Gasteiger partial charge in [-0.1, -0.05) is 0 Å². The molecule has 3 aliphatic heterocycles. The van der Waals surface area contributed by atoms with Gasteiger partial charge in [0.1, 0.15) is 98.9 Å². The number of ketones is 1. The molecule has 3 fully saturated rings. The van der Waals surface area contributed by atoms with Gasteiger partial charge in [0.05, 0.1) is 145 Å². The van der Waals surface area contributed by atoms with Gasteiger partial charge in [-0.2, -0.15) is 0 Å². The monoisotopic (exact) mass is 1450 g/mol. The van der Waals surface area contributed by atoms with Gasteiger partial charge in [-0.25, -0.2) is 0 Å². The summed E-state index contributed by atoms with van der Waals surface area (Å²) in [6, 6.07) is -5.29. The Kier molecular flexibility index (Phi) is 47.2. The van der Waals surface area contributed by atoms with Crippen LogP contribution in [0.15, 0.2) is 0 Å². The highest BCUT2D eigenvalue weighted by Gasteiger charge is 2.48. The van der Waals surface area contributed by atoms with E-state index in [4.69, 9.17) is 71.1 Å². The van der Waals surface area contributed by atoms with Crippen LogP contribution in [-0.4, -0.2) is 369 Å². The van der Waals surface area contributed by atoms with Crippen molar-refractivity contribution >= 4 is 47.1 Å². The summed E-state index contributed by atoms with van der Waals surface area (Å²) in [5, 5.41) is 108. The minimum absolute atomic E-state index is 0.00501. The topological polar surface area (TPSA) is 541 Å². The van der Waals surface area contributed by atoms with Gasteiger partial charge >= 0.3 is 0 Å². The minimum Gasteiger partial charge on any atom is -0.394 e. The number of hydrogen-bond donors (Lipinski definition) is 16. The molecule has 0 aromatic heterocycles. The number of aliphatic hydroxyl groups excluding tert-OH is 9. The van der Waals surface area contributed by atoms with Crippen LogP contribution in [-0.2, 0) is 109 Å². The lowest BCUT2D eigenvalue weighted by Crippen LogP contribution is -2.64. The van der Waals surface area contributed by atoms with Crippen LogP contribution in [0.25, 0.3) is 0 Å². The van der Waals surface area contributed by atoms with Crippen molar-refractivity contribution in [3.8, 4) is 0 Å². The Morgan fingerprint density at radius 3 is 0.920 bits per heavy atom. The Hall–Kier alpha value is -5.00. The molecule has 580 valence electrons. The van der Waals surface area contributed by atoms with Gasteiger partial charge in [-0.3, -0.25) is 38.4 Å². The van der Waals surface area contributed by atoms with E-state index in [1.54, 1.807) is 0 Å². The van der Waals surface area contributed by atoms with Gasteiger partial charge in [-0.15, -0.1) is 0 Å². The molecule has 3 heterocycles. The summed E-state index contributed by atoms with van der Waals surface area (Å²) in [5.41, 5.74) is 0. The molecule has 0 aliphatic carbocycles. The highest BCUT2D eigenvalue weighted by Crippen LogP contribution is 2.25. The highest BCUT2D eigenvalue weighted by atomic mass is 16.7. The van der Waals surface area contributed by atoms with Crippen molar-refractivity contribution in [1.82, 2.24) is 37.2 Å². The molecule has 100 heavy (non-hydrogen) atoms. The predicted octanol–water partition coefficient (Wildman–Crippen LogP) is -8.85. The SMILES string of the molecule is CC(=O)NC1C(O)[C@@H](O)C(CO)O[C@H]1OCCOCCOCCOCC(=O)NCCCCC(NC(=O)C(CCCCNC(=O)COCCOCCOCCO[C@@H]1OC(CO)[C@H](O)C(O)C1NC(C)=O)NC(=O)COCCOCCOCCO[C@@H]1OC(CO)[C@H](O)C(O)C1NC(C)=O)C(C)=O. The first-order valence-electron chi connectivity index (χ1n) is 33.4. The predicted molar refractivity (Wildman–Crippen MR) is 340 cm³/mol.